The van der Waals surface area contributed by atoms with Gasteiger partial charge in [0.15, 0.2) is 37.0 Å². The topological polar surface area (TPSA) is 158 Å². The number of benzene rings is 4. The molecule has 4 aromatic carbocycles. The standard InChI is InChI=1S/C46H38O12/c1-3-37(47)25-53-41(49)23-9-29-5-11-31(12-6-29)33-15-19-35(20-16-33)45(51)57-39-27-55-44-40(28-56-43(39)44)58-46(52)36-21-17-34(18-22-36)32-13-7-30(8-14-32)10-24-42(50)54-26-38(48)4-2/h3-24,39-40,43-44H,1-2,25-28H2/b23-9+,24-10+/t39-,40+,43-,44-/m1/s1. The van der Waals surface area contributed by atoms with Crippen LogP contribution in [0.1, 0.15) is 31.8 Å². The van der Waals surface area contributed by atoms with Crippen molar-refractivity contribution in [3.8, 4) is 22.3 Å². The summed E-state index contributed by atoms with van der Waals surface area (Å²) in [6.07, 6.45) is 5.23. The van der Waals surface area contributed by atoms with Crippen LogP contribution in [0.5, 0.6) is 0 Å². The summed E-state index contributed by atoms with van der Waals surface area (Å²) in [6, 6.07) is 28.6. The van der Waals surface area contributed by atoms with Gasteiger partial charge in [0.1, 0.15) is 12.2 Å². The van der Waals surface area contributed by atoms with Crippen molar-refractivity contribution < 1.29 is 57.2 Å². The van der Waals surface area contributed by atoms with Crippen LogP contribution < -0.4 is 0 Å². The molecule has 58 heavy (non-hydrogen) atoms. The zero-order valence-corrected chi connectivity index (χ0v) is 31.2. The summed E-state index contributed by atoms with van der Waals surface area (Å²) in [5, 5.41) is 0. The zero-order valence-electron chi connectivity index (χ0n) is 31.2. The van der Waals surface area contributed by atoms with Crippen LogP contribution in [0, 0.1) is 0 Å². The molecule has 2 aliphatic rings. The van der Waals surface area contributed by atoms with E-state index in [0.29, 0.717) is 11.1 Å². The van der Waals surface area contributed by atoms with Gasteiger partial charge >= 0.3 is 23.9 Å². The molecule has 0 aliphatic carbocycles. The normalized spacial score (nSPS) is 18.3. The third-order valence-corrected chi connectivity index (χ3v) is 9.20. The van der Waals surface area contributed by atoms with Crippen molar-refractivity contribution in [2.75, 3.05) is 26.4 Å². The summed E-state index contributed by atoms with van der Waals surface area (Å²) in [7, 11) is 0. The van der Waals surface area contributed by atoms with Gasteiger partial charge in [-0.25, -0.2) is 19.2 Å². The molecule has 0 aromatic heterocycles. The first-order valence-electron chi connectivity index (χ1n) is 18.2. The number of rotatable bonds is 16. The third-order valence-electron chi connectivity index (χ3n) is 9.20. The molecule has 2 aliphatic heterocycles. The monoisotopic (exact) mass is 782 g/mol. The summed E-state index contributed by atoms with van der Waals surface area (Å²) in [5.41, 5.74) is 5.68. The van der Waals surface area contributed by atoms with E-state index in [1.165, 1.54) is 12.2 Å². The average molecular weight is 783 g/mol. The molecular formula is C46H38O12. The van der Waals surface area contributed by atoms with Gasteiger partial charge in [-0.1, -0.05) is 86.0 Å². The third kappa shape index (κ3) is 10.6. The van der Waals surface area contributed by atoms with Crippen LogP contribution in [0.2, 0.25) is 0 Å². The second-order valence-corrected chi connectivity index (χ2v) is 13.1. The second-order valence-electron chi connectivity index (χ2n) is 13.1. The fourth-order valence-electron chi connectivity index (χ4n) is 6.04. The molecule has 0 saturated carbocycles. The van der Waals surface area contributed by atoms with Crippen molar-refractivity contribution in [2.45, 2.75) is 24.4 Å². The number of hydrogen-bond donors (Lipinski definition) is 0. The summed E-state index contributed by atoms with van der Waals surface area (Å²) in [4.78, 5) is 72.2. The van der Waals surface area contributed by atoms with E-state index < -0.39 is 48.3 Å². The Morgan fingerprint density at radius 1 is 0.517 bits per heavy atom. The van der Waals surface area contributed by atoms with Crippen molar-refractivity contribution in [1.82, 2.24) is 0 Å². The van der Waals surface area contributed by atoms with Gasteiger partial charge in [-0.2, -0.15) is 0 Å². The molecule has 2 saturated heterocycles. The van der Waals surface area contributed by atoms with Crippen LogP contribution in [0.3, 0.4) is 0 Å². The summed E-state index contributed by atoms with van der Waals surface area (Å²) in [6.45, 7) is 6.12. The first-order valence-corrected chi connectivity index (χ1v) is 18.2. The Balaban J connectivity index is 0.959. The Kier molecular flexibility index (Phi) is 13.5. The lowest BCUT2D eigenvalue weighted by Crippen LogP contribution is -2.36. The number of carbonyl (C=O) groups excluding carboxylic acids is 6. The summed E-state index contributed by atoms with van der Waals surface area (Å²) >= 11 is 0. The zero-order chi connectivity index (χ0) is 41.0. The van der Waals surface area contributed by atoms with Crippen molar-refractivity contribution in [3.05, 3.63) is 157 Å². The molecule has 12 nitrogen and oxygen atoms in total. The van der Waals surface area contributed by atoms with Crippen LogP contribution >= 0.6 is 0 Å². The highest BCUT2D eigenvalue weighted by Gasteiger charge is 2.51. The maximum atomic E-state index is 13.1. The smallest absolute Gasteiger partial charge is 0.338 e. The molecule has 0 bridgehead atoms. The predicted molar refractivity (Wildman–Crippen MR) is 212 cm³/mol. The van der Waals surface area contributed by atoms with E-state index in [0.717, 1.165) is 45.5 Å². The van der Waals surface area contributed by atoms with E-state index in [4.69, 9.17) is 28.4 Å². The van der Waals surface area contributed by atoms with Gasteiger partial charge in [0.2, 0.25) is 0 Å². The van der Waals surface area contributed by atoms with Gasteiger partial charge in [0.05, 0.1) is 24.3 Å². The molecule has 0 unspecified atom stereocenters. The molecule has 4 aromatic rings. The molecule has 294 valence electrons. The Labute approximate surface area is 334 Å². The van der Waals surface area contributed by atoms with E-state index in [2.05, 4.69) is 13.2 Å². The van der Waals surface area contributed by atoms with Gasteiger partial charge in [-0.05, 0) is 82.0 Å². The number of fused-ring (bicyclic) bond motifs is 1. The molecule has 12 heteroatoms. The van der Waals surface area contributed by atoms with E-state index in [1.807, 2.05) is 48.5 Å². The largest absolute Gasteiger partial charge is 0.454 e. The lowest BCUT2D eigenvalue weighted by Gasteiger charge is -2.17. The molecule has 0 spiro atoms. The number of hydrogen-bond acceptors (Lipinski definition) is 12. The Morgan fingerprint density at radius 3 is 1.17 bits per heavy atom. The minimum absolute atomic E-state index is 0.0861. The lowest BCUT2D eigenvalue weighted by molar-refractivity contribution is -0.142. The van der Waals surface area contributed by atoms with Crippen molar-refractivity contribution >= 4 is 47.6 Å². The van der Waals surface area contributed by atoms with Gasteiger partial charge in [0.25, 0.3) is 0 Å². The van der Waals surface area contributed by atoms with Crippen molar-refractivity contribution in [3.63, 3.8) is 0 Å². The minimum atomic E-state index is -0.691. The molecule has 0 radical (unpaired) electrons. The Morgan fingerprint density at radius 2 is 0.845 bits per heavy atom. The van der Waals surface area contributed by atoms with Crippen LogP contribution in [0.25, 0.3) is 34.4 Å². The fraction of sp³-hybridized carbons (Fsp3) is 0.174. The van der Waals surface area contributed by atoms with Crippen LogP contribution in [0.4, 0.5) is 0 Å². The molecule has 0 amide bonds. The number of carbonyl (C=O) groups is 6. The van der Waals surface area contributed by atoms with Crippen molar-refractivity contribution in [1.29, 1.82) is 0 Å². The highest BCUT2D eigenvalue weighted by Crippen LogP contribution is 2.32. The second kappa shape index (κ2) is 19.2. The highest BCUT2D eigenvalue weighted by atomic mass is 16.7. The quantitative estimate of drug-likeness (QED) is 0.0722. The first kappa shape index (κ1) is 40.6. The van der Waals surface area contributed by atoms with Gasteiger partial charge < -0.3 is 28.4 Å². The fourth-order valence-corrected chi connectivity index (χ4v) is 6.04. The van der Waals surface area contributed by atoms with E-state index in [9.17, 15) is 28.8 Å². The average Bonchev–Trinajstić information content (AvgIpc) is 3.86. The van der Waals surface area contributed by atoms with Gasteiger partial charge in [0, 0.05) is 12.2 Å². The number of esters is 4. The number of ketones is 2. The van der Waals surface area contributed by atoms with Gasteiger partial charge in [-0.3, -0.25) is 9.59 Å². The van der Waals surface area contributed by atoms with E-state index in [-0.39, 0.29) is 38.0 Å². The predicted octanol–water partition coefficient (Wildman–Crippen LogP) is 6.19. The van der Waals surface area contributed by atoms with Crippen LogP contribution in [-0.4, -0.2) is 86.3 Å². The Bertz CT molecular complexity index is 2070. The summed E-state index contributed by atoms with van der Waals surface area (Å²) < 4.78 is 33.0. The molecule has 2 fully saturated rings. The van der Waals surface area contributed by atoms with E-state index in [1.54, 1.807) is 60.7 Å². The maximum absolute atomic E-state index is 13.1. The van der Waals surface area contributed by atoms with E-state index >= 15 is 0 Å². The number of ether oxygens (including phenoxy) is 6. The maximum Gasteiger partial charge on any atom is 0.338 e. The first-order chi connectivity index (χ1) is 28.1. The van der Waals surface area contributed by atoms with Gasteiger partial charge in [-0.15, -0.1) is 0 Å². The highest BCUT2D eigenvalue weighted by molar-refractivity contribution is 5.95. The van der Waals surface area contributed by atoms with Crippen molar-refractivity contribution in [2.24, 2.45) is 0 Å². The SMILES string of the molecule is C=CC(=O)COC(=O)/C=C/c1ccc(-c2ccc(C(=O)O[C@H]3CO[C@H]4[C@@H]3OC[C@H]4OC(=O)c3ccc(-c4ccc(/C=C/C(=O)OCC(=O)C=C)cc4)cc3)cc2)cc1. The molecule has 0 N–H and O–H groups in total. The summed E-state index contributed by atoms with van der Waals surface area (Å²) in [5.74, 6) is -3.14. The lowest BCUT2D eigenvalue weighted by atomic mass is 10.0. The molecule has 2 heterocycles. The Hall–Kier alpha value is -7.02. The molecule has 6 rings (SSSR count). The molecular weight excluding hydrogens is 744 g/mol. The molecule has 4 atom stereocenters. The van der Waals surface area contributed by atoms with Crippen LogP contribution in [0.15, 0.2) is 135 Å². The minimum Gasteiger partial charge on any atom is -0.454 e. The van der Waals surface area contributed by atoms with Crippen LogP contribution in [-0.2, 0) is 47.6 Å².